The molecule has 1 aliphatic rings. The first kappa shape index (κ1) is 5.35. The zero-order valence-electron chi connectivity index (χ0n) is 6.20. The molecule has 0 spiro atoms. The molecule has 0 N–H and O–H groups in total. The molecule has 1 heterocycles. The lowest BCUT2D eigenvalue weighted by molar-refractivity contribution is 0.360. The summed E-state index contributed by atoms with van der Waals surface area (Å²) in [5.74, 6) is 0. The molecule has 0 saturated carbocycles. The van der Waals surface area contributed by atoms with Crippen molar-refractivity contribution in [3.8, 4) is 0 Å². The molecule has 0 aromatic carbocycles. The Kier molecular flexibility index (Phi) is 1.33. The van der Waals surface area contributed by atoms with Crippen molar-refractivity contribution >= 4 is 6.21 Å². The fourth-order valence-electron chi connectivity index (χ4n) is 0.578. The Bertz CT molecular complexity index is 115. The van der Waals surface area contributed by atoms with Crippen LogP contribution in [0.5, 0.6) is 0 Å². The van der Waals surface area contributed by atoms with Gasteiger partial charge in [-0.15, -0.1) is 0 Å². The average Bonchev–Trinajstić information content (AvgIpc) is 1.77. The van der Waals surface area contributed by atoms with Gasteiger partial charge in [0.15, 0.2) is 0 Å². The van der Waals surface area contributed by atoms with Crippen molar-refractivity contribution in [3.63, 3.8) is 0 Å². The minimum absolute atomic E-state index is 0. The topological polar surface area (TPSA) is 15.6 Å². The molecular formula is C6H11N2+. The summed E-state index contributed by atoms with van der Waals surface area (Å²) < 4.78 is 0. The van der Waals surface area contributed by atoms with E-state index in [1.807, 2.05) is 25.5 Å². The summed E-state index contributed by atoms with van der Waals surface area (Å²) in [7, 11) is 2.01. The van der Waals surface area contributed by atoms with Crippen molar-refractivity contribution < 1.29 is 1.43 Å². The van der Waals surface area contributed by atoms with E-state index in [0.29, 0.717) is 6.17 Å². The molecule has 0 aromatic rings. The maximum Gasteiger partial charge on any atom is 1.00 e. The third-order valence-corrected chi connectivity index (χ3v) is 1.30. The molecule has 0 aliphatic carbocycles. The first-order valence-electron chi connectivity index (χ1n) is 2.72. The maximum absolute atomic E-state index is 4.12. The van der Waals surface area contributed by atoms with Gasteiger partial charge in [-0.3, -0.25) is 4.99 Å². The SMILES string of the molecule is CC1N=CC=CN1C.[H+]. The quantitative estimate of drug-likeness (QED) is 0.455. The third kappa shape index (κ3) is 0.886. The van der Waals surface area contributed by atoms with Crippen molar-refractivity contribution in [2.45, 2.75) is 13.1 Å². The lowest BCUT2D eigenvalue weighted by Gasteiger charge is -2.20. The molecule has 44 valence electrons. The van der Waals surface area contributed by atoms with Crippen LogP contribution in [-0.2, 0) is 0 Å². The predicted octanol–water partition coefficient (Wildman–Crippen LogP) is 0.975. The summed E-state index contributed by atoms with van der Waals surface area (Å²) >= 11 is 0. The normalized spacial score (nSPS) is 26.8. The third-order valence-electron chi connectivity index (χ3n) is 1.30. The number of aliphatic imine (C=N–C) groups is 1. The van der Waals surface area contributed by atoms with Crippen LogP contribution in [0.4, 0.5) is 0 Å². The molecule has 8 heavy (non-hydrogen) atoms. The lowest BCUT2D eigenvalue weighted by Crippen LogP contribution is -2.23. The van der Waals surface area contributed by atoms with Gasteiger partial charge in [0.1, 0.15) is 6.17 Å². The van der Waals surface area contributed by atoms with Gasteiger partial charge in [0.05, 0.1) is 0 Å². The highest BCUT2D eigenvalue weighted by atomic mass is 15.2. The predicted molar refractivity (Wildman–Crippen MR) is 36.0 cm³/mol. The van der Waals surface area contributed by atoms with E-state index in [9.17, 15) is 0 Å². The summed E-state index contributed by atoms with van der Waals surface area (Å²) in [4.78, 5) is 6.18. The molecule has 0 aromatic heterocycles. The van der Waals surface area contributed by atoms with Gasteiger partial charge in [0.25, 0.3) is 0 Å². The summed E-state index contributed by atoms with van der Waals surface area (Å²) in [5, 5.41) is 0. The fourth-order valence-corrected chi connectivity index (χ4v) is 0.578. The van der Waals surface area contributed by atoms with Crippen molar-refractivity contribution in [2.24, 2.45) is 4.99 Å². The molecule has 0 radical (unpaired) electrons. The van der Waals surface area contributed by atoms with E-state index in [1.54, 1.807) is 0 Å². The van der Waals surface area contributed by atoms with Crippen molar-refractivity contribution in [3.05, 3.63) is 12.3 Å². The fraction of sp³-hybridized carbons (Fsp3) is 0.500. The van der Waals surface area contributed by atoms with Crippen LogP contribution >= 0.6 is 0 Å². The van der Waals surface area contributed by atoms with Crippen LogP contribution in [0.25, 0.3) is 0 Å². The number of nitrogens with zero attached hydrogens (tertiary/aromatic N) is 2. The summed E-state index contributed by atoms with van der Waals surface area (Å²) in [6.07, 6.45) is 6.09. The molecular weight excluding hydrogens is 100 g/mol. The zero-order chi connectivity index (χ0) is 5.98. The summed E-state index contributed by atoms with van der Waals surface area (Å²) in [6.45, 7) is 2.06. The standard InChI is InChI=1S/C6H10N2/c1-6-7-4-3-5-8(6)2/h3-6H,1-2H3/p+1. The van der Waals surface area contributed by atoms with Gasteiger partial charge in [-0.05, 0) is 13.0 Å². The first-order valence-corrected chi connectivity index (χ1v) is 2.72. The highest BCUT2D eigenvalue weighted by Gasteiger charge is 2.01. The minimum atomic E-state index is 0. The van der Waals surface area contributed by atoms with Gasteiger partial charge in [-0.25, -0.2) is 0 Å². The molecule has 2 heteroatoms. The van der Waals surface area contributed by atoms with Gasteiger partial charge in [-0.2, -0.15) is 0 Å². The monoisotopic (exact) mass is 111 g/mol. The second-order valence-electron chi connectivity index (χ2n) is 1.94. The Morgan fingerprint density at radius 3 is 2.88 bits per heavy atom. The van der Waals surface area contributed by atoms with Crippen LogP contribution in [-0.4, -0.2) is 24.3 Å². The first-order chi connectivity index (χ1) is 3.80. The number of hydrogen-bond donors (Lipinski definition) is 0. The van der Waals surface area contributed by atoms with E-state index in [4.69, 9.17) is 0 Å². The van der Waals surface area contributed by atoms with E-state index < -0.39 is 0 Å². The van der Waals surface area contributed by atoms with Gasteiger partial charge < -0.3 is 4.90 Å². The molecule has 0 bridgehead atoms. The molecule has 0 fully saturated rings. The lowest BCUT2D eigenvalue weighted by atomic mass is 10.4. The van der Waals surface area contributed by atoms with Crippen molar-refractivity contribution in [2.75, 3.05) is 7.05 Å². The van der Waals surface area contributed by atoms with Crippen LogP contribution < -0.4 is 0 Å². The molecule has 1 unspecified atom stereocenters. The number of rotatable bonds is 0. The minimum Gasteiger partial charge on any atom is -0.359 e. The largest absolute Gasteiger partial charge is 1.00 e. The molecule has 1 aliphatic heterocycles. The van der Waals surface area contributed by atoms with Crippen molar-refractivity contribution in [1.82, 2.24) is 4.90 Å². The van der Waals surface area contributed by atoms with Gasteiger partial charge in [0, 0.05) is 19.5 Å². The molecule has 1 atom stereocenters. The van der Waals surface area contributed by atoms with E-state index in [1.165, 1.54) is 0 Å². The van der Waals surface area contributed by atoms with E-state index in [-0.39, 0.29) is 1.43 Å². The van der Waals surface area contributed by atoms with Crippen LogP contribution in [0.2, 0.25) is 0 Å². The van der Waals surface area contributed by atoms with Crippen LogP contribution in [0, 0.1) is 0 Å². The Morgan fingerprint density at radius 2 is 2.50 bits per heavy atom. The summed E-state index contributed by atoms with van der Waals surface area (Å²) in [5.41, 5.74) is 0. The van der Waals surface area contributed by atoms with Gasteiger partial charge in [-0.1, -0.05) is 0 Å². The second-order valence-corrected chi connectivity index (χ2v) is 1.94. The molecule has 1 rings (SSSR count). The highest BCUT2D eigenvalue weighted by Crippen LogP contribution is 1.99. The Labute approximate surface area is 51.0 Å². The van der Waals surface area contributed by atoms with E-state index >= 15 is 0 Å². The van der Waals surface area contributed by atoms with Crippen LogP contribution in [0.1, 0.15) is 8.35 Å². The highest BCUT2D eigenvalue weighted by molar-refractivity contribution is 5.71. The Morgan fingerprint density at radius 1 is 1.75 bits per heavy atom. The van der Waals surface area contributed by atoms with Crippen molar-refractivity contribution in [1.29, 1.82) is 0 Å². The second kappa shape index (κ2) is 1.99. The number of hydrogen-bond acceptors (Lipinski definition) is 2. The van der Waals surface area contributed by atoms with Crippen LogP contribution in [0.3, 0.4) is 0 Å². The summed E-state index contributed by atoms with van der Waals surface area (Å²) in [6, 6.07) is 0. The molecule has 0 saturated heterocycles. The molecule has 0 amide bonds. The van der Waals surface area contributed by atoms with E-state index in [2.05, 4.69) is 16.8 Å². The number of allylic oxidation sites excluding steroid dienone is 1. The molecule has 2 nitrogen and oxygen atoms in total. The Balaban J connectivity index is 0.000000640. The maximum atomic E-state index is 4.12. The Hall–Kier alpha value is -0.790. The van der Waals surface area contributed by atoms with Crippen LogP contribution in [0.15, 0.2) is 17.3 Å². The van der Waals surface area contributed by atoms with E-state index in [0.717, 1.165) is 0 Å². The average molecular weight is 111 g/mol. The van der Waals surface area contributed by atoms with Gasteiger partial charge >= 0.3 is 1.43 Å². The smallest absolute Gasteiger partial charge is 0.359 e. The zero-order valence-corrected chi connectivity index (χ0v) is 5.20. The van der Waals surface area contributed by atoms with Gasteiger partial charge in [0.2, 0.25) is 0 Å².